The number of aliphatic carboxylic acids is 1. The third kappa shape index (κ3) is 9.42. The van der Waals surface area contributed by atoms with Crippen molar-refractivity contribution >= 4 is 29.6 Å². The van der Waals surface area contributed by atoms with Crippen LogP contribution in [0.25, 0.3) is 0 Å². The van der Waals surface area contributed by atoms with Crippen molar-refractivity contribution in [2.75, 3.05) is 25.2 Å². The first-order chi connectivity index (χ1) is 11.0. The van der Waals surface area contributed by atoms with Gasteiger partial charge in [0.15, 0.2) is 0 Å². The second kappa shape index (κ2) is 12.3. The summed E-state index contributed by atoms with van der Waals surface area (Å²) in [6.07, 6.45) is 3.34. The van der Waals surface area contributed by atoms with Crippen LogP contribution in [-0.2, 0) is 19.1 Å². The molecule has 8 nitrogen and oxygen atoms in total. The molecular formula is C14H21N3O5S. The molecule has 0 bridgehead atoms. The zero-order valence-corrected chi connectivity index (χ0v) is 13.9. The number of nitrogens with one attached hydrogen (secondary N) is 2. The van der Waals surface area contributed by atoms with E-state index in [-0.39, 0.29) is 37.5 Å². The Morgan fingerprint density at radius 3 is 2.65 bits per heavy atom. The van der Waals surface area contributed by atoms with Crippen molar-refractivity contribution in [1.82, 2.24) is 10.6 Å². The summed E-state index contributed by atoms with van der Waals surface area (Å²) >= 11 is 1.46. The van der Waals surface area contributed by atoms with E-state index in [1.54, 1.807) is 13.0 Å². The molecule has 0 saturated heterocycles. The van der Waals surface area contributed by atoms with E-state index in [1.807, 2.05) is 6.26 Å². The van der Waals surface area contributed by atoms with E-state index < -0.39 is 17.9 Å². The third-order valence-electron chi connectivity index (χ3n) is 2.60. The fourth-order valence-electron chi connectivity index (χ4n) is 1.46. The number of nitrogens with zero attached hydrogens (tertiary/aromatic N) is 1. The lowest BCUT2D eigenvalue weighted by atomic mass is 10.2. The zero-order valence-electron chi connectivity index (χ0n) is 13.1. The smallest absolute Gasteiger partial charge is 0.326 e. The molecule has 9 heteroatoms. The van der Waals surface area contributed by atoms with Crippen LogP contribution in [0.5, 0.6) is 0 Å². The fourth-order valence-corrected chi connectivity index (χ4v) is 1.93. The highest BCUT2D eigenvalue weighted by Gasteiger charge is 2.21. The minimum Gasteiger partial charge on any atom is -0.480 e. The Kier molecular flexibility index (Phi) is 11.2. The van der Waals surface area contributed by atoms with E-state index in [2.05, 4.69) is 10.6 Å². The Labute approximate surface area is 139 Å². The summed E-state index contributed by atoms with van der Waals surface area (Å²) in [6.45, 7) is 2.18. The molecule has 0 aliphatic heterocycles. The van der Waals surface area contributed by atoms with Gasteiger partial charge < -0.3 is 20.5 Å². The van der Waals surface area contributed by atoms with Crippen LogP contribution >= 0.6 is 11.8 Å². The highest BCUT2D eigenvalue weighted by Crippen LogP contribution is 2.02. The Balaban J connectivity index is 4.49. The quantitative estimate of drug-likeness (QED) is 0.211. The van der Waals surface area contributed by atoms with E-state index in [9.17, 15) is 14.4 Å². The summed E-state index contributed by atoms with van der Waals surface area (Å²) < 4.78 is 4.73. The molecule has 0 aromatic rings. The summed E-state index contributed by atoms with van der Waals surface area (Å²) in [5.41, 5.74) is -0.260. The summed E-state index contributed by atoms with van der Waals surface area (Å²) in [6, 6.07) is 0.638. The number of hydrogen-bond acceptors (Lipinski definition) is 7. The van der Waals surface area contributed by atoms with E-state index >= 15 is 0 Å². The largest absolute Gasteiger partial charge is 0.480 e. The standard InChI is InChI=1S/C14H21N3O5S/c1-3-22-12(18)4-6-16-9-10(8-15)13(19)17-11(14(20)21)5-7-23-2/h9,11,16H,3-7H2,1-2H3,(H,17,19)(H,20,21)/b10-9-. The third-order valence-corrected chi connectivity index (χ3v) is 3.25. The van der Waals surface area contributed by atoms with Crippen LogP contribution in [0.2, 0.25) is 0 Å². The number of carbonyl (C=O) groups excluding carboxylic acids is 2. The molecular weight excluding hydrogens is 322 g/mol. The van der Waals surface area contributed by atoms with Gasteiger partial charge in [0, 0.05) is 12.7 Å². The molecule has 1 amide bonds. The number of ether oxygens (including phenoxy) is 1. The zero-order chi connectivity index (χ0) is 17.7. The summed E-state index contributed by atoms with van der Waals surface area (Å²) in [4.78, 5) is 34.1. The normalized spacial score (nSPS) is 12.0. The van der Waals surface area contributed by atoms with E-state index in [1.165, 1.54) is 11.8 Å². The monoisotopic (exact) mass is 343 g/mol. The average molecular weight is 343 g/mol. The van der Waals surface area contributed by atoms with E-state index in [0.717, 1.165) is 6.20 Å². The van der Waals surface area contributed by atoms with Crippen molar-refractivity contribution < 1.29 is 24.2 Å². The van der Waals surface area contributed by atoms with Crippen molar-refractivity contribution in [2.45, 2.75) is 25.8 Å². The lowest BCUT2D eigenvalue weighted by Gasteiger charge is -2.13. The Hall–Kier alpha value is -2.21. The van der Waals surface area contributed by atoms with Crippen molar-refractivity contribution in [3.05, 3.63) is 11.8 Å². The van der Waals surface area contributed by atoms with Crippen LogP contribution in [0.1, 0.15) is 19.8 Å². The van der Waals surface area contributed by atoms with Gasteiger partial charge in [0.25, 0.3) is 5.91 Å². The van der Waals surface area contributed by atoms with Gasteiger partial charge in [-0.05, 0) is 25.4 Å². The van der Waals surface area contributed by atoms with E-state index in [0.29, 0.717) is 5.75 Å². The molecule has 0 aliphatic carbocycles. The lowest BCUT2D eigenvalue weighted by Crippen LogP contribution is -2.41. The topological polar surface area (TPSA) is 129 Å². The van der Waals surface area contributed by atoms with Crippen LogP contribution in [-0.4, -0.2) is 54.2 Å². The number of rotatable bonds is 11. The predicted molar refractivity (Wildman–Crippen MR) is 85.5 cm³/mol. The van der Waals surface area contributed by atoms with Crippen LogP contribution < -0.4 is 10.6 Å². The van der Waals surface area contributed by atoms with Crippen LogP contribution in [0.4, 0.5) is 0 Å². The van der Waals surface area contributed by atoms with Gasteiger partial charge >= 0.3 is 11.9 Å². The summed E-state index contributed by atoms with van der Waals surface area (Å²) in [5, 5.41) is 22.9. The number of nitriles is 1. The summed E-state index contributed by atoms with van der Waals surface area (Å²) in [7, 11) is 0. The maximum absolute atomic E-state index is 11.9. The second-order valence-electron chi connectivity index (χ2n) is 4.32. The molecule has 0 heterocycles. The van der Waals surface area contributed by atoms with Crippen molar-refractivity contribution in [3.63, 3.8) is 0 Å². The first-order valence-electron chi connectivity index (χ1n) is 6.98. The number of hydrogen-bond donors (Lipinski definition) is 3. The SMILES string of the molecule is CCOC(=O)CCN/C=C(/C#N)C(=O)NC(CCSC)C(=O)O. The molecule has 23 heavy (non-hydrogen) atoms. The van der Waals surface area contributed by atoms with Gasteiger partial charge in [-0.3, -0.25) is 9.59 Å². The number of carboxylic acid groups (broad SMARTS) is 1. The van der Waals surface area contributed by atoms with Gasteiger partial charge in [-0.1, -0.05) is 0 Å². The summed E-state index contributed by atoms with van der Waals surface area (Å²) in [5.74, 6) is -1.75. The maximum Gasteiger partial charge on any atom is 0.326 e. The van der Waals surface area contributed by atoms with Crippen molar-refractivity contribution in [2.24, 2.45) is 0 Å². The Bertz CT molecular complexity index is 487. The second-order valence-corrected chi connectivity index (χ2v) is 5.31. The van der Waals surface area contributed by atoms with Crippen LogP contribution in [0, 0.1) is 11.3 Å². The molecule has 1 unspecified atom stereocenters. The Morgan fingerprint density at radius 2 is 2.13 bits per heavy atom. The molecule has 0 aromatic heterocycles. The van der Waals surface area contributed by atoms with Crippen LogP contribution in [0.3, 0.4) is 0 Å². The number of amides is 1. The molecule has 3 N–H and O–H groups in total. The molecule has 0 rings (SSSR count). The first-order valence-corrected chi connectivity index (χ1v) is 8.37. The molecule has 0 fully saturated rings. The van der Waals surface area contributed by atoms with Gasteiger partial charge in [-0.15, -0.1) is 0 Å². The molecule has 0 radical (unpaired) electrons. The number of carboxylic acids is 1. The average Bonchev–Trinajstić information content (AvgIpc) is 2.51. The lowest BCUT2D eigenvalue weighted by molar-refractivity contribution is -0.143. The fraction of sp³-hybridized carbons (Fsp3) is 0.571. The van der Waals surface area contributed by atoms with Crippen LogP contribution in [0.15, 0.2) is 11.8 Å². The molecule has 0 spiro atoms. The number of esters is 1. The number of thioether (sulfide) groups is 1. The minimum atomic E-state index is -1.15. The Morgan fingerprint density at radius 1 is 1.43 bits per heavy atom. The molecule has 0 aliphatic rings. The van der Waals surface area contributed by atoms with Gasteiger partial charge in [0.2, 0.25) is 0 Å². The minimum absolute atomic E-state index is 0.0934. The predicted octanol–water partition coefficient (Wildman–Crippen LogP) is 0.259. The molecule has 128 valence electrons. The number of carbonyl (C=O) groups is 3. The maximum atomic E-state index is 11.9. The van der Waals surface area contributed by atoms with Gasteiger partial charge in [0.05, 0.1) is 13.0 Å². The van der Waals surface area contributed by atoms with Crippen molar-refractivity contribution in [3.8, 4) is 6.07 Å². The molecule has 0 aromatic carbocycles. The first kappa shape index (κ1) is 20.8. The van der Waals surface area contributed by atoms with Crippen molar-refractivity contribution in [1.29, 1.82) is 5.26 Å². The molecule has 1 atom stereocenters. The molecule has 0 saturated carbocycles. The van der Waals surface area contributed by atoms with Gasteiger partial charge in [-0.25, -0.2) is 4.79 Å². The van der Waals surface area contributed by atoms with Gasteiger partial charge in [-0.2, -0.15) is 17.0 Å². The van der Waals surface area contributed by atoms with E-state index in [4.69, 9.17) is 15.1 Å². The highest BCUT2D eigenvalue weighted by molar-refractivity contribution is 7.98. The van der Waals surface area contributed by atoms with Gasteiger partial charge in [0.1, 0.15) is 17.7 Å². The highest BCUT2D eigenvalue weighted by atomic mass is 32.2.